The van der Waals surface area contributed by atoms with Crippen molar-refractivity contribution in [1.29, 1.82) is 0 Å². The van der Waals surface area contributed by atoms with Crippen molar-refractivity contribution in [3.05, 3.63) is 60.9 Å². The highest BCUT2D eigenvalue weighted by Gasteiger charge is 2.14. The molecular formula is C19H18N4. The second-order valence-corrected chi connectivity index (χ2v) is 5.77. The highest BCUT2D eigenvalue weighted by atomic mass is 15.1. The number of para-hydroxylation sites is 1. The third-order valence-electron chi connectivity index (χ3n) is 4.15. The summed E-state index contributed by atoms with van der Waals surface area (Å²) in [6.07, 6.45) is 11.3. The fourth-order valence-electron chi connectivity index (χ4n) is 2.93. The van der Waals surface area contributed by atoms with E-state index in [1.54, 1.807) is 12.4 Å². The van der Waals surface area contributed by atoms with Crippen LogP contribution in [0, 0.1) is 0 Å². The molecule has 0 amide bonds. The first kappa shape index (κ1) is 13.9. The van der Waals surface area contributed by atoms with Crippen molar-refractivity contribution < 1.29 is 0 Å². The average molecular weight is 302 g/mol. The minimum Gasteiger partial charge on any atom is -0.366 e. The van der Waals surface area contributed by atoms with Gasteiger partial charge >= 0.3 is 0 Å². The molecule has 1 unspecified atom stereocenters. The molecule has 1 aromatic carbocycles. The Morgan fingerprint density at radius 1 is 0.957 bits per heavy atom. The Hall–Kier alpha value is -2.75. The van der Waals surface area contributed by atoms with Gasteiger partial charge in [0.05, 0.1) is 5.52 Å². The van der Waals surface area contributed by atoms with Crippen LogP contribution in [-0.4, -0.2) is 21.0 Å². The lowest BCUT2D eigenvalue weighted by molar-refractivity contribution is 0.643. The van der Waals surface area contributed by atoms with Gasteiger partial charge in [-0.1, -0.05) is 24.3 Å². The number of anilines is 1. The van der Waals surface area contributed by atoms with Crippen LogP contribution < -0.4 is 5.32 Å². The fourth-order valence-corrected chi connectivity index (χ4v) is 2.93. The number of pyridine rings is 1. The van der Waals surface area contributed by atoms with Crippen LogP contribution in [0.25, 0.3) is 22.3 Å². The summed E-state index contributed by atoms with van der Waals surface area (Å²) < 4.78 is 0. The Morgan fingerprint density at radius 2 is 1.83 bits per heavy atom. The summed E-state index contributed by atoms with van der Waals surface area (Å²) in [4.78, 5) is 13.6. The molecule has 3 aromatic rings. The standard InChI is InChI=1S/C19H18N4/c1-2-6-15(7-3-1)21-19-16-8-4-5-9-17(16)22-18(23-19)14-10-12-20-13-11-14/h1-2,4-5,8-13,15H,3,6-7H2,(H,21,22,23). The van der Waals surface area contributed by atoms with Crippen molar-refractivity contribution in [3.63, 3.8) is 0 Å². The first-order valence-electron chi connectivity index (χ1n) is 7.99. The SMILES string of the molecule is C1=CCC(Nc2nc(-c3ccncc3)nc3ccccc23)CC1. The minimum absolute atomic E-state index is 0.434. The zero-order valence-electron chi connectivity index (χ0n) is 12.8. The molecular weight excluding hydrogens is 284 g/mol. The van der Waals surface area contributed by atoms with Crippen molar-refractivity contribution in [1.82, 2.24) is 15.0 Å². The molecule has 2 heterocycles. The van der Waals surface area contributed by atoms with Crippen LogP contribution in [0.15, 0.2) is 60.9 Å². The smallest absolute Gasteiger partial charge is 0.162 e. The molecule has 0 saturated heterocycles. The van der Waals surface area contributed by atoms with E-state index in [-0.39, 0.29) is 0 Å². The number of fused-ring (bicyclic) bond motifs is 1. The Bertz CT molecular complexity index is 842. The molecule has 4 heteroatoms. The van der Waals surface area contributed by atoms with Crippen molar-refractivity contribution in [2.45, 2.75) is 25.3 Å². The van der Waals surface area contributed by atoms with Gasteiger partial charge in [-0.2, -0.15) is 0 Å². The summed E-state index contributed by atoms with van der Waals surface area (Å²) in [6.45, 7) is 0. The largest absolute Gasteiger partial charge is 0.366 e. The zero-order chi connectivity index (χ0) is 15.5. The lowest BCUT2D eigenvalue weighted by Crippen LogP contribution is -2.21. The van der Waals surface area contributed by atoms with Gasteiger partial charge in [0.1, 0.15) is 5.82 Å². The third kappa shape index (κ3) is 2.93. The molecule has 1 aliphatic carbocycles. The first-order chi connectivity index (χ1) is 11.4. The average Bonchev–Trinajstić information content (AvgIpc) is 2.63. The molecule has 1 N–H and O–H groups in total. The lowest BCUT2D eigenvalue weighted by Gasteiger charge is -2.21. The molecule has 0 spiro atoms. The maximum absolute atomic E-state index is 4.79. The second-order valence-electron chi connectivity index (χ2n) is 5.77. The van der Waals surface area contributed by atoms with Gasteiger partial charge in [-0.05, 0) is 43.5 Å². The summed E-state index contributed by atoms with van der Waals surface area (Å²) in [5.41, 5.74) is 1.94. The number of hydrogen-bond donors (Lipinski definition) is 1. The molecule has 0 radical (unpaired) electrons. The van der Waals surface area contributed by atoms with Crippen molar-refractivity contribution in [2.75, 3.05) is 5.32 Å². The molecule has 0 bridgehead atoms. The maximum atomic E-state index is 4.79. The van der Waals surface area contributed by atoms with Crippen LogP contribution in [0.3, 0.4) is 0 Å². The number of rotatable bonds is 3. The maximum Gasteiger partial charge on any atom is 0.162 e. The van der Waals surface area contributed by atoms with Gasteiger partial charge in [0.25, 0.3) is 0 Å². The number of benzene rings is 1. The summed E-state index contributed by atoms with van der Waals surface area (Å²) in [6, 6.07) is 12.5. The predicted molar refractivity (Wildman–Crippen MR) is 93.2 cm³/mol. The Kier molecular flexibility index (Phi) is 3.72. The van der Waals surface area contributed by atoms with Gasteiger partial charge in [0, 0.05) is 29.4 Å². The van der Waals surface area contributed by atoms with Crippen LogP contribution in [0.2, 0.25) is 0 Å². The first-order valence-corrected chi connectivity index (χ1v) is 7.99. The Morgan fingerprint density at radius 3 is 2.65 bits per heavy atom. The Labute approximate surface area is 135 Å². The summed E-state index contributed by atoms with van der Waals surface area (Å²) in [5.74, 6) is 1.66. The van der Waals surface area contributed by atoms with E-state index < -0.39 is 0 Å². The van der Waals surface area contributed by atoms with Crippen LogP contribution in [0.5, 0.6) is 0 Å². The molecule has 4 nitrogen and oxygen atoms in total. The number of allylic oxidation sites excluding steroid dienone is 1. The molecule has 2 aromatic heterocycles. The third-order valence-corrected chi connectivity index (χ3v) is 4.15. The number of nitrogens with one attached hydrogen (secondary N) is 1. The van der Waals surface area contributed by atoms with E-state index >= 15 is 0 Å². The zero-order valence-corrected chi connectivity index (χ0v) is 12.8. The van der Waals surface area contributed by atoms with Crippen molar-refractivity contribution >= 4 is 16.7 Å². The molecule has 0 saturated carbocycles. The van der Waals surface area contributed by atoms with Gasteiger partial charge < -0.3 is 5.32 Å². The van der Waals surface area contributed by atoms with E-state index in [4.69, 9.17) is 9.97 Å². The van der Waals surface area contributed by atoms with Gasteiger partial charge in [-0.25, -0.2) is 9.97 Å². The molecule has 114 valence electrons. The van der Waals surface area contributed by atoms with E-state index in [0.29, 0.717) is 6.04 Å². The summed E-state index contributed by atoms with van der Waals surface area (Å²) in [5, 5.41) is 4.69. The van der Waals surface area contributed by atoms with Gasteiger partial charge in [-0.15, -0.1) is 0 Å². The molecule has 1 atom stereocenters. The van der Waals surface area contributed by atoms with Crippen molar-refractivity contribution in [3.8, 4) is 11.4 Å². The molecule has 1 aliphatic rings. The van der Waals surface area contributed by atoms with E-state index in [9.17, 15) is 0 Å². The monoisotopic (exact) mass is 302 g/mol. The van der Waals surface area contributed by atoms with E-state index in [1.807, 2.05) is 30.3 Å². The second kappa shape index (κ2) is 6.16. The number of aromatic nitrogens is 3. The van der Waals surface area contributed by atoms with E-state index in [1.165, 1.54) is 0 Å². The number of nitrogens with zero attached hydrogens (tertiary/aromatic N) is 3. The molecule has 23 heavy (non-hydrogen) atoms. The predicted octanol–water partition coefficient (Wildman–Crippen LogP) is 4.21. The molecule has 0 aliphatic heterocycles. The number of hydrogen-bond acceptors (Lipinski definition) is 4. The van der Waals surface area contributed by atoms with Crippen LogP contribution in [0.4, 0.5) is 5.82 Å². The minimum atomic E-state index is 0.434. The normalized spacial score (nSPS) is 17.3. The highest BCUT2D eigenvalue weighted by molar-refractivity contribution is 5.90. The van der Waals surface area contributed by atoms with Crippen molar-refractivity contribution in [2.24, 2.45) is 0 Å². The lowest BCUT2D eigenvalue weighted by atomic mass is 10.0. The Balaban J connectivity index is 1.79. The van der Waals surface area contributed by atoms with Gasteiger partial charge in [-0.3, -0.25) is 4.98 Å². The van der Waals surface area contributed by atoms with E-state index in [0.717, 1.165) is 47.4 Å². The summed E-state index contributed by atoms with van der Waals surface area (Å²) in [7, 11) is 0. The van der Waals surface area contributed by atoms with Crippen LogP contribution in [-0.2, 0) is 0 Å². The van der Waals surface area contributed by atoms with Gasteiger partial charge in [0.2, 0.25) is 0 Å². The highest BCUT2D eigenvalue weighted by Crippen LogP contribution is 2.26. The quantitative estimate of drug-likeness (QED) is 0.736. The molecule has 4 rings (SSSR count). The molecule has 0 fully saturated rings. The van der Waals surface area contributed by atoms with Crippen LogP contribution >= 0.6 is 0 Å². The summed E-state index contributed by atoms with van der Waals surface area (Å²) >= 11 is 0. The topological polar surface area (TPSA) is 50.7 Å². The van der Waals surface area contributed by atoms with Gasteiger partial charge in [0.15, 0.2) is 5.82 Å². The van der Waals surface area contributed by atoms with E-state index in [2.05, 4.69) is 28.5 Å². The fraction of sp³-hybridized carbons (Fsp3) is 0.211. The van der Waals surface area contributed by atoms with Crippen LogP contribution in [0.1, 0.15) is 19.3 Å².